The molecule has 0 saturated carbocycles. The number of phenolic OH excluding ortho intramolecular Hbond substituents is 2. The van der Waals surface area contributed by atoms with Crippen molar-refractivity contribution in [3.05, 3.63) is 53.1 Å². The van der Waals surface area contributed by atoms with Gasteiger partial charge in [0.1, 0.15) is 23.9 Å². The normalized spacial score (nSPS) is 16.4. The van der Waals surface area contributed by atoms with Crippen LogP contribution < -0.4 is 10.2 Å². The van der Waals surface area contributed by atoms with Gasteiger partial charge in [0, 0.05) is 17.8 Å². The van der Waals surface area contributed by atoms with E-state index in [4.69, 9.17) is 4.74 Å². The fourth-order valence-electron chi connectivity index (χ4n) is 2.50. The zero-order valence-electron chi connectivity index (χ0n) is 13.4. The summed E-state index contributed by atoms with van der Waals surface area (Å²) in [6, 6.07) is 8.87. The van der Waals surface area contributed by atoms with Gasteiger partial charge in [-0.3, -0.25) is 9.59 Å². The summed E-state index contributed by atoms with van der Waals surface area (Å²) in [5, 5.41) is 22.6. The number of amides is 1. The number of hydrazone groups is 1. The van der Waals surface area contributed by atoms with Crippen molar-refractivity contribution in [1.29, 1.82) is 0 Å². The number of nitrogens with zero attached hydrogens (tertiary/aromatic N) is 1. The van der Waals surface area contributed by atoms with Crippen LogP contribution in [0, 0.1) is 12.8 Å². The van der Waals surface area contributed by atoms with Crippen LogP contribution >= 0.6 is 0 Å². The van der Waals surface area contributed by atoms with Gasteiger partial charge in [-0.05, 0) is 31.2 Å². The zero-order chi connectivity index (χ0) is 18.0. The number of hydrogen-bond acceptors (Lipinski definition) is 6. The molecule has 1 atom stereocenters. The molecule has 3 N–H and O–H groups in total. The van der Waals surface area contributed by atoms with E-state index in [1.165, 1.54) is 18.3 Å². The Morgan fingerprint density at radius 3 is 2.68 bits per heavy atom. The van der Waals surface area contributed by atoms with Crippen LogP contribution in [0.25, 0.3) is 0 Å². The van der Waals surface area contributed by atoms with Gasteiger partial charge in [-0.15, -0.1) is 0 Å². The van der Waals surface area contributed by atoms with Gasteiger partial charge in [-0.2, -0.15) is 5.10 Å². The first kappa shape index (κ1) is 16.5. The number of rotatable bonds is 3. The number of aryl methyl sites for hydroxylation is 1. The number of carbonyl (C=O) groups excluding carboxylic acids is 2. The molecular formula is C18H16N2O5. The van der Waals surface area contributed by atoms with E-state index in [1.807, 2.05) is 13.0 Å². The Morgan fingerprint density at radius 2 is 1.96 bits per heavy atom. The van der Waals surface area contributed by atoms with Crippen LogP contribution in [0.5, 0.6) is 17.2 Å². The molecule has 0 radical (unpaired) electrons. The fourth-order valence-corrected chi connectivity index (χ4v) is 2.50. The molecule has 1 aliphatic heterocycles. The van der Waals surface area contributed by atoms with E-state index in [2.05, 4.69) is 10.5 Å². The summed E-state index contributed by atoms with van der Waals surface area (Å²) >= 11 is 0. The number of ether oxygens (including phenoxy) is 1. The highest BCUT2D eigenvalue weighted by Gasteiger charge is 2.27. The first-order valence-corrected chi connectivity index (χ1v) is 7.58. The Hall–Kier alpha value is -3.35. The molecule has 1 unspecified atom stereocenters. The number of benzene rings is 2. The maximum atomic E-state index is 12.5. The van der Waals surface area contributed by atoms with Gasteiger partial charge in [-0.25, -0.2) is 5.43 Å². The minimum atomic E-state index is -0.622. The molecule has 0 saturated heterocycles. The Morgan fingerprint density at radius 1 is 1.24 bits per heavy atom. The van der Waals surface area contributed by atoms with Gasteiger partial charge in [-0.1, -0.05) is 11.6 Å². The number of aromatic hydroxyl groups is 2. The number of hydrogen-bond donors (Lipinski definition) is 3. The van der Waals surface area contributed by atoms with Crippen LogP contribution in [0.3, 0.4) is 0 Å². The summed E-state index contributed by atoms with van der Waals surface area (Å²) in [6.07, 6.45) is 1.31. The van der Waals surface area contributed by atoms with Gasteiger partial charge in [0.15, 0.2) is 5.78 Å². The lowest BCUT2D eigenvalue weighted by Gasteiger charge is -2.21. The molecule has 1 aliphatic rings. The number of Topliss-reactive ketones (excluding diaryl/α,β-unsaturated/α-hetero) is 1. The summed E-state index contributed by atoms with van der Waals surface area (Å²) < 4.78 is 5.54. The van der Waals surface area contributed by atoms with E-state index in [1.54, 1.807) is 12.1 Å². The van der Waals surface area contributed by atoms with Crippen molar-refractivity contribution in [2.45, 2.75) is 6.92 Å². The molecular weight excluding hydrogens is 324 g/mol. The smallest absolute Gasteiger partial charge is 0.271 e. The van der Waals surface area contributed by atoms with Crippen molar-refractivity contribution in [3.8, 4) is 17.2 Å². The molecule has 0 fully saturated rings. The molecule has 0 spiro atoms. The Kier molecular flexibility index (Phi) is 4.38. The van der Waals surface area contributed by atoms with Gasteiger partial charge in [0.25, 0.3) is 5.91 Å². The van der Waals surface area contributed by atoms with Crippen molar-refractivity contribution in [1.82, 2.24) is 5.43 Å². The van der Waals surface area contributed by atoms with Crippen LogP contribution in [0.2, 0.25) is 0 Å². The summed E-state index contributed by atoms with van der Waals surface area (Å²) in [4.78, 5) is 24.4. The molecule has 2 aromatic rings. The van der Waals surface area contributed by atoms with E-state index in [0.29, 0.717) is 11.3 Å². The van der Waals surface area contributed by atoms with Gasteiger partial charge >= 0.3 is 0 Å². The second kappa shape index (κ2) is 6.64. The molecule has 128 valence electrons. The summed E-state index contributed by atoms with van der Waals surface area (Å²) in [7, 11) is 0. The molecule has 3 rings (SSSR count). The summed E-state index contributed by atoms with van der Waals surface area (Å²) in [6.45, 7) is 2.03. The molecule has 2 aromatic carbocycles. The highest BCUT2D eigenvalue weighted by Crippen LogP contribution is 2.27. The number of phenols is 2. The van der Waals surface area contributed by atoms with Crippen molar-refractivity contribution < 1.29 is 24.5 Å². The first-order chi connectivity index (χ1) is 11.9. The molecule has 7 heteroatoms. The molecule has 25 heavy (non-hydrogen) atoms. The molecule has 0 bridgehead atoms. The van der Waals surface area contributed by atoms with E-state index >= 15 is 0 Å². The monoisotopic (exact) mass is 340 g/mol. The van der Waals surface area contributed by atoms with Crippen LogP contribution in [0.4, 0.5) is 0 Å². The molecule has 1 amide bonds. The quantitative estimate of drug-likeness (QED) is 0.585. The largest absolute Gasteiger partial charge is 0.508 e. The SMILES string of the molecule is Cc1ccc2c(c1)C(=O)C(/C=N/NC(=O)c1cc(O)cc(O)c1)CO2. The Bertz CT molecular complexity index is 856. The van der Waals surface area contributed by atoms with Crippen LogP contribution in [0.1, 0.15) is 26.3 Å². The second-order valence-corrected chi connectivity index (χ2v) is 5.74. The summed E-state index contributed by atoms with van der Waals surface area (Å²) in [5.41, 5.74) is 3.74. The minimum absolute atomic E-state index is 0.0434. The number of fused-ring (bicyclic) bond motifs is 1. The maximum Gasteiger partial charge on any atom is 0.271 e. The lowest BCUT2D eigenvalue weighted by atomic mass is 9.95. The highest BCUT2D eigenvalue weighted by atomic mass is 16.5. The third kappa shape index (κ3) is 3.60. The third-order valence-corrected chi connectivity index (χ3v) is 3.74. The topological polar surface area (TPSA) is 108 Å². The molecule has 7 nitrogen and oxygen atoms in total. The van der Waals surface area contributed by atoms with Crippen molar-refractivity contribution in [3.63, 3.8) is 0 Å². The zero-order valence-corrected chi connectivity index (χ0v) is 13.4. The molecule has 0 aromatic heterocycles. The Labute approximate surface area is 143 Å². The van der Waals surface area contributed by atoms with Crippen molar-refractivity contribution >= 4 is 17.9 Å². The maximum absolute atomic E-state index is 12.5. The second-order valence-electron chi connectivity index (χ2n) is 5.74. The van der Waals surface area contributed by atoms with Crippen LogP contribution in [0.15, 0.2) is 41.5 Å². The lowest BCUT2D eigenvalue weighted by molar-refractivity contribution is 0.0886. The number of ketones is 1. The predicted molar refractivity (Wildman–Crippen MR) is 90.2 cm³/mol. The van der Waals surface area contributed by atoms with E-state index in [-0.39, 0.29) is 29.5 Å². The molecule has 0 aliphatic carbocycles. The lowest BCUT2D eigenvalue weighted by Crippen LogP contribution is -2.30. The number of nitrogens with one attached hydrogen (secondary N) is 1. The van der Waals surface area contributed by atoms with Gasteiger partial charge in [0.05, 0.1) is 11.5 Å². The minimum Gasteiger partial charge on any atom is -0.508 e. The fraction of sp³-hybridized carbons (Fsp3) is 0.167. The van der Waals surface area contributed by atoms with E-state index in [9.17, 15) is 19.8 Å². The first-order valence-electron chi connectivity index (χ1n) is 7.58. The Balaban J connectivity index is 1.68. The van der Waals surface area contributed by atoms with Gasteiger partial charge < -0.3 is 14.9 Å². The summed E-state index contributed by atoms with van der Waals surface area (Å²) in [5.74, 6) is -1.29. The average molecular weight is 340 g/mol. The van der Waals surface area contributed by atoms with Crippen LogP contribution in [-0.2, 0) is 0 Å². The third-order valence-electron chi connectivity index (χ3n) is 3.74. The predicted octanol–water partition coefficient (Wildman–Crippen LogP) is 2.01. The standard InChI is InChI=1S/C18H16N2O5/c1-10-2-3-16-15(4-10)17(23)12(9-25-16)8-19-20-18(24)11-5-13(21)7-14(22)6-11/h2-8,12,21-22H,9H2,1H3,(H,20,24)/b19-8+. The average Bonchev–Trinajstić information content (AvgIpc) is 2.56. The van der Waals surface area contributed by atoms with Crippen LogP contribution in [-0.4, -0.2) is 34.7 Å². The highest BCUT2D eigenvalue weighted by molar-refractivity contribution is 6.09. The van der Waals surface area contributed by atoms with E-state index in [0.717, 1.165) is 11.6 Å². The number of carbonyl (C=O) groups is 2. The van der Waals surface area contributed by atoms with Gasteiger partial charge in [0.2, 0.25) is 0 Å². The molecule has 1 heterocycles. The van der Waals surface area contributed by atoms with Crippen molar-refractivity contribution in [2.24, 2.45) is 11.0 Å². The van der Waals surface area contributed by atoms with E-state index < -0.39 is 11.8 Å². The van der Waals surface area contributed by atoms with Crippen molar-refractivity contribution in [2.75, 3.05) is 6.61 Å².